The molecule has 1 aromatic heterocycles. The molecule has 0 fully saturated rings. The maximum atomic E-state index is 13.2. The van der Waals surface area contributed by atoms with E-state index in [1.807, 2.05) is 50.6 Å². The fourth-order valence-electron chi connectivity index (χ4n) is 3.73. The first-order valence-electron chi connectivity index (χ1n) is 12.0. The zero-order valence-corrected chi connectivity index (χ0v) is 22.0. The molecule has 0 radical (unpaired) electrons. The third-order valence-electron chi connectivity index (χ3n) is 6.22. The molecule has 5 atom stereocenters. The van der Waals surface area contributed by atoms with E-state index in [1.54, 1.807) is 0 Å². The van der Waals surface area contributed by atoms with E-state index in [9.17, 15) is 19.2 Å². The smallest absolute Gasteiger partial charge is 0.325 e. The predicted molar refractivity (Wildman–Crippen MR) is 142 cm³/mol. The monoisotopic (exact) mass is 519 g/mol. The van der Waals surface area contributed by atoms with Crippen LogP contribution >= 0.6 is 11.8 Å². The fourth-order valence-corrected chi connectivity index (χ4v) is 4.21. The van der Waals surface area contributed by atoms with Gasteiger partial charge in [-0.2, -0.15) is 11.8 Å². The second-order valence-electron chi connectivity index (χ2n) is 8.95. The molecular formula is C25H37N5O5S. The lowest BCUT2D eigenvalue weighted by atomic mass is 9.96. The first-order chi connectivity index (χ1) is 17.1. The van der Waals surface area contributed by atoms with E-state index in [1.165, 1.54) is 18.7 Å². The molecule has 1 heterocycles. The van der Waals surface area contributed by atoms with Crippen molar-refractivity contribution in [2.45, 2.75) is 64.2 Å². The van der Waals surface area contributed by atoms with Gasteiger partial charge < -0.3 is 31.8 Å². The molecule has 7 N–H and O–H groups in total. The number of rotatable bonds is 14. The minimum absolute atomic E-state index is 0.226. The molecule has 0 aliphatic rings. The van der Waals surface area contributed by atoms with E-state index < -0.39 is 47.9 Å². The fraction of sp³-hybridized carbons (Fsp3) is 0.520. The van der Waals surface area contributed by atoms with Gasteiger partial charge in [0.1, 0.15) is 18.1 Å². The van der Waals surface area contributed by atoms with Crippen LogP contribution in [-0.4, -0.2) is 70.0 Å². The molecule has 0 spiro atoms. The molecule has 0 saturated carbocycles. The molecule has 0 aliphatic carbocycles. The van der Waals surface area contributed by atoms with Crippen molar-refractivity contribution in [2.24, 2.45) is 11.7 Å². The lowest BCUT2D eigenvalue weighted by Gasteiger charge is -2.27. The highest BCUT2D eigenvalue weighted by Crippen LogP contribution is 2.19. The number of aliphatic carboxylic acids is 1. The molecule has 0 saturated heterocycles. The number of carboxylic acids is 1. The maximum Gasteiger partial charge on any atom is 0.325 e. The van der Waals surface area contributed by atoms with Crippen LogP contribution in [0.15, 0.2) is 30.5 Å². The quantitative estimate of drug-likeness (QED) is 0.219. The number of hydrogen-bond donors (Lipinski definition) is 6. The molecule has 36 heavy (non-hydrogen) atoms. The molecule has 2 aromatic rings. The number of hydrogen-bond acceptors (Lipinski definition) is 6. The number of aromatic amines is 1. The van der Waals surface area contributed by atoms with Crippen molar-refractivity contribution in [1.29, 1.82) is 0 Å². The van der Waals surface area contributed by atoms with E-state index in [2.05, 4.69) is 20.9 Å². The number of nitrogens with two attached hydrogens (primary N) is 1. The van der Waals surface area contributed by atoms with Gasteiger partial charge >= 0.3 is 5.97 Å². The Bertz CT molecular complexity index is 1060. The first-order valence-corrected chi connectivity index (χ1v) is 13.4. The Balaban J connectivity index is 2.11. The zero-order chi connectivity index (χ0) is 26.8. The number of amides is 3. The Morgan fingerprint density at radius 3 is 2.39 bits per heavy atom. The van der Waals surface area contributed by atoms with E-state index in [0.29, 0.717) is 18.6 Å². The second-order valence-corrected chi connectivity index (χ2v) is 9.94. The van der Waals surface area contributed by atoms with Gasteiger partial charge in [-0.1, -0.05) is 38.5 Å². The molecule has 11 heteroatoms. The van der Waals surface area contributed by atoms with E-state index in [4.69, 9.17) is 10.8 Å². The number of aromatic nitrogens is 1. The molecule has 5 unspecified atom stereocenters. The number of thioether (sulfide) groups is 1. The Labute approximate surface area is 215 Å². The highest BCUT2D eigenvalue weighted by atomic mass is 32.2. The van der Waals surface area contributed by atoms with Crippen molar-refractivity contribution in [2.75, 3.05) is 12.0 Å². The van der Waals surface area contributed by atoms with Gasteiger partial charge in [-0.3, -0.25) is 19.2 Å². The minimum atomic E-state index is -1.17. The number of carbonyl (C=O) groups is 4. The lowest BCUT2D eigenvalue weighted by molar-refractivity contribution is -0.141. The van der Waals surface area contributed by atoms with Crippen molar-refractivity contribution in [3.63, 3.8) is 0 Å². The van der Waals surface area contributed by atoms with Crippen LogP contribution in [-0.2, 0) is 25.6 Å². The Kier molecular flexibility index (Phi) is 11.3. The largest absolute Gasteiger partial charge is 0.480 e. The van der Waals surface area contributed by atoms with Gasteiger partial charge in [0.2, 0.25) is 17.7 Å². The summed E-state index contributed by atoms with van der Waals surface area (Å²) in [5.41, 5.74) is 8.06. The molecule has 0 bridgehead atoms. The second kappa shape index (κ2) is 13.9. The van der Waals surface area contributed by atoms with Crippen LogP contribution in [0.25, 0.3) is 10.9 Å². The highest BCUT2D eigenvalue weighted by molar-refractivity contribution is 7.98. The van der Waals surface area contributed by atoms with Gasteiger partial charge in [-0.25, -0.2) is 0 Å². The number of H-pyrrole nitrogens is 1. The van der Waals surface area contributed by atoms with Crippen LogP contribution in [0.2, 0.25) is 0 Å². The third-order valence-corrected chi connectivity index (χ3v) is 6.86. The summed E-state index contributed by atoms with van der Waals surface area (Å²) in [6, 6.07) is 3.90. The summed E-state index contributed by atoms with van der Waals surface area (Å²) in [6.45, 7) is 5.08. The summed E-state index contributed by atoms with van der Waals surface area (Å²) in [5.74, 6) is -2.39. The van der Waals surface area contributed by atoms with Gasteiger partial charge in [0.25, 0.3) is 0 Å². The van der Waals surface area contributed by atoms with Crippen LogP contribution in [0.4, 0.5) is 0 Å². The third kappa shape index (κ3) is 7.99. The van der Waals surface area contributed by atoms with E-state index >= 15 is 0 Å². The van der Waals surface area contributed by atoms with Gasteiger partial charge in [-0.05, 0) is 49.3 Å². The van der Waals surface area contributed by atoms with Gasteiger partial charge in [0, 0.05) is 17.1 Å². The number of nitrogens with one attached hydrogen (secondary N) is 4. The van der Waals surface area contributed by atoms with Crippen LogP contribution in [0.3, 0.4) is 0 Å². The summed E-state index contributed by atoms with van der Waals surface area (Å²) in [6.07, 6.45) is 4.90. The average molecular weight is 520 g/mol. The molecular weight excluding hydrogens is 482 g/mol. The number of benzene rings is 1. The van der Waals surface area contributed by atoms with E-state index in [-0.39, 0.29) is 12.3 Å². The Morgan fingerprint density at radius 1 is 1.06 bits per heavy atom. The van der Waals surface area contributed by atoms with Crippen LogP contribution in [0.1, 0.15) is 39.2 Å². The highest BCUT2D eigenvalue weighted by Gasteiger charge is 2.32. The normalized spacial score (nSPS) is 15.4. The summed E-state index contributed by atoms with van der Waals surface area (Å²) in [5, 5.41) is 18.0. The first kappa shape index (κ1) is 29.2. The van der Waals surface area contributed by atoms with Crippen molar-refractivity contribution in [3.8, 4) is 0 Å². The van der Waals surface area contributed by atoms with Crippen LogP contribution in [0, 0.1) is 5.92 Å². The standard InChI is InChI=1S/C25H37N5O5S/c1-5-14(2)21(24(33)29-20(10-11-36-4)23(32)28-15(3)25(34)35)30-22(31)18(26)12-16-13-27-19-9-7-6-8-17(16)19/h6-9,13-15,18,20-21,27H,5,10-12,26H2,1-4H3,(H,28,32)(H,29,33)(H,30,31)(H,34,35). The van der Waals surface area contributed by atoms with Crippen molar-refractivity contribution >= 4 is 46.4 Å². The van der Waals surface area contributed by atoms with Crippen LogP contribution in [0.5, 0.6) is 0 Å². The van der Waals surface area contributed by atoms with Crippen molar-refractivity contribution < 1.29 is 24.3 Å². The Morgan fingerprint density at radius 2 is 1.75 bits per heavy atom. The maximum absolute atomic E-state index is 13.2. The molecule has 0 aliphatic heterocycles. The summed E-state index contributed by atoms with van der Waals surface area (Å²) in [7, 11) is 0. The van der Waals surface area contributed by atoms with Gasteiger partial charge in [0.05, 0.1) is 6.04 Å². The van der Waals surface area contributed by atoms with Crippen LogP contribution < -0.4 is 21.7 Å². The number of para-hydroxylation sites is 1. The number of carbonyl (C=O) groups excluding carboxylic acids is 3. The molecule has 1 aromatic carbocycles. The number of fused-ring (bicyclic) bond motifs is 1. The SMILES string of the molecule is CCC(C)C(NC(=O)C(N)Cc1c[nH]c2ccccc12)C(=O)NC(CCSC)C(=O)NC(C)C(=O)O. The van der Waals surface area contributed by atoms with Crippen molar-refractivity contribution in [1.82, 2.24) is 20.9 Å². The Hall–Kier alpha value is -3.05. The number of carboxylic acid groups (broad SMARTS) is 1. The zero-order valence-electron chi connectivity index (χ0n) is 21.2. The molecule has 10 nitrogen and oxygen atoms in total. The van der Waals surface area contributed by atoms with Gasteiger partial charge in [0.15, 0.2) is 0 Å². The molecule has 198 valence electrons. The minimum Gasteiger partial charge on any atom is -0.480 e. The lowest BCUT2D eigenvalue weighted by Crippen LogP contribution is -2.58. The average Bonchev–Trinajstić information content (AvgIpc) is 3.26. The molecule has 2 rings (SSSR count). The van der Waals surface area contributed by atoms with Gasteiger partial charge in [-0.15, -0.1) is 0 Å². The predicted octanol–water partition coefficient (Wildman–Crippen LogP) is 1.40. The summed E-state index contributed by atoms with van der Waals surface area (Å²) in [4.78, 5) is 53.2. The molecule has 3 amide bonds. The topological polar surface area (TPSA) is 166 Å². The summed E-state index contributed by atoms with van der Waals surface area (Å²) >= 11 is 1.50. The van der Waals surface area contributed by atoms with E-state index in [0.717, 1.165) is 16.5 Å². The van der Waals surface area contributed by atoms with Crippen molar-refractivity contribution in [3.05, 3.63) is 36.0 Å². The summed E-state index contributed by atoms with van der Waals surface area (Å²) < 4.78 is 0.